The molecule has 2 amide bonds. The number of nitrogens with two attached hydrogens (primary N) is 1. The molecule has 2 aromatic carbocycles. The van der Waals surface area contributed by atoms with E-state index in [0.29, 0.717) is 20.3 Å². The molecule has 0 fully saturated rings. The first-order valence-corrected chi connectivity index (χ1v) is 8.39. The molecule has 0 saturated heterocycles. The van der Waals surface area contributed by atoms with E-state index in [1.165, 1.54) is 18.3 Å². The zero-order valence-electron chi connectivity index (χ0n) is 12.6. The number of carbonyl (C=O) groups is 1. The maximum absolute atomic E-state index is 10.6. The summed E-state index contributed by atoms with van der Waals surface area (Å²) in [7, 11) is 0. The Morgan fingerprint density at radius 1 is 1.28 bits per heavy atom. The van der Waals surface area contributed by atoms with Crippen molar-refractivity contribution < 1.29 is 14.5 Å². The Balaban J connectivity index is 2.08. The number of primary amides is 1. The fourth-order valence-electron chi connectivity index (χ4n) is 1.83. The highest BCUT2D eigenvalue weighted by Gasteiger charge is 2.10. The fourth-order valence-corrected chi connectivity index (χ4v) is 3.28. The van der Waals surface area contributed by atoms with Crippen LogP contribution in [0.3, 0.4) is 0 Å². The molecule has 0 aliphatic carbocycles. The van der Waals surface area contributed by atoms with Crippen molar-refractivity contribution in [2.75, 3.05) is 0 Å². The lowest BCUT2D eigenvalue weighted by molar-refractivity contribution is -0.384. The summed E-state index contributed by atoms with van der Waals surface area (Å²) in [6.07, 6.45) is 1.43. The lowest BCUT2D eigenvalue weighted by Gasteiger charge is -2.11. The van der Waals surface area contributed by atoms with Crippen LogP contribution in [0.5, 0.6) is 5.75 Å². The number of hydrogen-bond donors (Lipinski definition) is 2. The van der Waals surface area contributed by atoms with Crippen LogP contribution in [0.15, 0.2) is 50.4 Å². The number of nitrogens with one attached hydrogen (secondary N) is 1. The van der Waals surface area contributed by atoms with Crippen molar-refractivity contribution in [3.05, 3.63) is 66.6 Å². The topological polar surface area (TPSA) is 120 Å². The Kier molecular flexibility index (Phi) is 6.48. The molecule has 0 aliphatic heterocycles. The molecule has 0 radical (unpaired) electrons. The SMILES string of the molecule is NC(=O)N/N=C\c1cc(Br)c(OCc2ccc([N+](=O)[O-])cc2)c(Br)c1. The van der Waals surface area contributed by atoms with Gasteiger partial charge in [0.2, 0.25) is 0 Å². The van der Waals surface area contributed by atoms with Gasteiger partial charge in [0.1, 0.15) is 12.4 Å². The second kappa shape index (κ2) is 8.58. The molecule has 0 aromatic heterocycles. The third-order valence-corrected chi connectivity index (χ3v) is 4.12. The summed E-state index contributed by atoms with van der Waals surface area (Å²) in [5.41, 5.74) is 8.55. The van der Waals surface area contributed by atoms with E-state index < -0.39 is 11.0 Å². The first-order valence-electron chi connectivity index (χ1n) is 6.80. The van der Waals surface area contributed by atoms with Gasteiger partial charge < -0.3 is 10.5 Å². The lowest BCUT2D eigenvalue weighted by atomic mass is 10.2. The van der Waals surface area contributed by atoms with Gasteiger partial charge in [-0.15, -0.1) is 0 Å². The van der Waals surface area contributed by atoms with Gasteiger partial charge in [-0.2, -0.15) is 5.10 Å². The maximum Gasteiger partial charge on any atom is 0.332 e. The van der Waals surface area contributed by atoms with Crippen molar-refractivity contribution in [3.63, 3.8) is 0 Å². The fraction of sp³-hybridized carbons (Fsp3) is 0.0667. The molecule has 0 heterocycles. The number of nitro benzene ring substituents is 1. The van der Waals surface area contributed by atoms with Gasteiger partial charge in [-0.25, -0.2) is 10.2 Å². The summed E-state index contributed by atoms with van der Waals surface area (Å²) >= 11 is 6.81. The van der Waals surface area contributed by atoms with Crippen molar-refractivity contribution in [3.8, 4) is 5.75 Å². The van der Waals surface area contributed by atoms with E-state index in [2.05, 4.69) is 42.4 Å². The number of non-ortho nitro benzene ring substituents is 1. The quantitative estimate of drug-likeness (QED) is 0.379. The highest BCUT2D eigenvalue weighted by Crippen LogP contribution is 2.35. The van der Waals surface area contributed by atoms with E-state index in [4.69, 9.17) is 10.5 Å². The molecule has 25 heavy (non-hydrogen) atoms. The van der Waals surface area contributed by atoms with Crippen LogP contribution in [0.25, 0.3) is 0 Å². The highest BCUT2D eigenvalue weighted by atomic mass is 79.9. The second-order valence-electron chi connectivity index (χ2n) is 4.76. The third kappa shape index (κ3) is 5.54. The number of urea groups is 1. The number of nitrogens with zero attached hydrogens (tertiary/aromatic N) is 2. The summed E-state index contributed by atoms with van der Waals surface area (Å²) in [4.78, 5) is 20.8. The third-order valence-electron chi connectivity index (χ3n) is 2.94. The smallest absolute Gasteiger partial charge is 0.332 e. The number of nitro groups is 1. The molecule has 0 aliphatic rings. The Hall–Kier alpha value is -2.46. The number of hydrazone groups is 1. The Bertz CT molecular complexity index is 802. The van der Waals surface area contributed by atoms with E-state index >= 15 is 0 Å². The molecule has 8 nitrogen and oxygen atoms in total. The van der Waals surface area contributed by atoms with E-state index in [9.17, 15) is 14.9 Å². The van der Waals surface area contributed by atoms with Crippen molar-refractivity contribution >= 4 is 49.8 Å². The van der Waals surface area contributed by atoms with Crippen LogP contribution in [-0.4, -0.2) is 17.2 Å². The molecule has 0 unspecified atom stereocenters. The van der Waals surface area contributed by atoms with Gasteiger partial charge in [0.15, 0.2) is 0 Å². The predicted molar refractivity (Wildman–Crippen MR) is 99.6 cm³/mol. The van der Waals surface area contributed by atoms with E-state index in [1.807, 2.05) is 0 Å². The first kappa shape index (κ1) is 18.9. The van der Waals surface area contributed by atoms with E-state index in [1.54, 1.807) is 24.3 Å². The van der Waals surface area contributed by atoms with Gasteiger partial charge >= 0.3 is 6.03 Å². The summed E-state index contributed by atoms with van der Waals surface area (Å²) < 4.78 is 7.10. The van der Waals surface area contributed by atoms with Crippen molar-refractivity contribution in [1.82, 2.24) is 5.43 Å². The zero-order valence-corrected chi connectivity index (χ0v) is 15.8. The van der Waals surface area contributed by atoms with Crippen LogP contribution in [0, 0.1) is 10.1 Å². The number of ether oxygens (including phenoxy) is 1. The number of carbonyl (C=O) groups excluding carboxylic acids is 1. The number of amides is 2. The molecule has 3 N–H and O–H groups in total. The predicted octanol–water partition coefficient (Wildman–Crippen LogP) is 3.70. The van der Waals surface area contributed by atoms with Gasteiger partial charge in [0, 0.05) is 12.1 Å². The van der Waals surface area contributed by atoms with E-state index in [-0.39, 0.29) is 12.3 Å². The van der Waals surface area contributed by atoms with Gasteiger partial charge in [-0.3, -0.25) is 10.1 Å². The van der Waals surface area contributed by atoms with Gasteiger partial charge in [0.05, 0.1) is 20.1 Å². The van der Waals surface area contributed by atoms with E-state index in [0.717, 1.165) is 5.56 Å². The molecule has 0 atom stereocenters. The zero-order chi connectivity index (χ0) is 18.4. The normalized spacial score (nSPS) is 10.6. The maximum atomic E-state index is 10.6. The van der Waals surface area contributed by atoms with Crippen LogP contribution in [-0.2, 0) is 6.61 Å². The van der Waals surface area contributed by atoms with Crippen LogP contribution >= 0.6 is 31.9 Å². The number of halogens is 2. The Morgan fingerprint density at radius 3 is 2.40 bits per heavy atom. The molecular formula is C15H12Br2N4O4. The number of hydrogen-bond acceptors (Lipinski definition) is 5. The minimum absolute atomic E-state index is 0.0271. The average Bonchev–Trinajstić information content (AvgIpc) is 2.54. The van der Waals surface area contributed by atoms with Crippen LogP contribution < -0.4 is 15.9 Å². The number of benzene rings is 2. The molecule has 10 heteroatoms. The van der Waals surface area contributed by atoms with Gasteiger partial charge in [0.25, 0.3) is 5.69 Å². The summed E-state index contributed by atoms with van der Waals surface area (Å²) in [6.45, 7) is 0.242. The molecular weight excluding hydrogens is 460 g/mol. The molecule has 0 saturated carbocycles. The van der Waals surface area contributed by atoms with Crippen molar-refractivity contribution in [2.45, 2.75) is 6.61 Å². The highest BCUT2D eigenvalue weighted by molar-refractivity contribution is 9.11. The summed E-state index contributed by atoms with van der Waals surface area (Å²) in [5, 5.41) is 14.3. The average molecular weight is 472 g/mol. The summed E-state index contributed by atoms with van der Waals surface area (Å²) in [6, 6.07) is 8.87. The standard InChI is InChI=1S/C15H12Br2N4O4/c16-12-5-10(7-19-20-15(18)22)6-13(17)14(12)25-8-9-1-3-11(4-2-9)21(23)24/h1-7H,8H2,(H3,18,20,22)/b19-7-. The van der Waals surface area contributed by atoms with Crippen LogP contribution in [0.1, 0.15) is 11.1 Å². The first-order chi connectivity index (χ1) is 11.9. The van der Waals surface area contributed by atoms with Crippen molar-refractivity contribution in [2.24, 2.45) is 10.8 Å². The molecule has 130 valence electrons. The number of rotatable bonds is 6. The van der Waals surface area contributed by atoms with Gasteiger partial charge in [-0.05, 0) is 67.3 Å². The molecule has 0 bridgehead atoms. The Labute approximate surface area is 159 Å². The monoisotopic (exact) mass is 470 g/mol. The molecule has 0 spiro atoms. The Morgan fingerprint density at radius 2 is 1.88 bits per heavy atom. The largest absolute Gasteiger partial charge is 0.487 e. The molecule has 2 aromatic rings. The second-order valence-corrected chi connectivity index (χ2v) is 6.47. The minimum Gasteiger partial charge on any atom is -0.487 e. The summed E-state index contributed by atoms with van der Waals surface area (Å²) in [5.74, 6) is 0.568. The van der Waals surface area contributed by atoms with Crippen LogP contribution in [0.4, 0.5) is 10.5 Å². The van der Waals surface area contributed by atoms with Gasteiger partial charge in [-0.1, -0.05) is 0 Å². The lowest BCUT2D eigenvalue weighted by Crippen LogP contribution is -2.24. The van der Waals surface area contributed by atoms with Crippen molar-refractivity contribution in [1.29, 1.82) is 0 Å². The van der Waals surface area contributed by atoms with Crippen LogP contribution in [0.2, 0.25) is 0 Å². The minimum atomic E-state index is -0.752. The molecule has 2 rings (SSSR count).